The van der Waals surface area contributed by atoms with E-state index in [0.29, 0.717) is 40.5 Å². The molecule has 1 atom stereocenters. The van der Waals surface area contributed by atoms with Crippen LogP contribution < -0.4 is 29.1 Å². The molecule has 1 aromatic heterocycles. The number of ether oxygens (including phenoxy) is 3. The van der Waals surface area contributed by atoms with Crippen molar-refractivity contribution in [1.82, 2.24) is 9.47 Å². The summed E-state index contributed by atoms with van der Waals surface area (Å²) in [6.07, 6.45) is 3.06. The Kier molecular flexibility index (Phi) is 9.38. The average molecular weight is 643 g/mol. The number of nitro groups is 1. The van der Waals surface area contributed by atoms with E-state index >= 15 is 0 Å². The highest BCUT2D eigenvalue weighted by atomic mass is 32.1. The maximum Gasteiger partial charge on any atom is 0.274 e. The number of thiazole rings is 1. The molecule has 3 aromatic carbocycles. The van der Waals surface area contributed by atoms with E-state index in [1.54, 1.807) is 18.9 Å². The summed E-state index contributed by atoms with van der Waals surface area (Å²) in [5.41, 5.74) is 1.11. The number of allylic oxidation sites excluding steroid dienone is 1. The number of nitro benzene ring substituents is 1. The molecule has 1 aliphatic heterocycles. The SMILES string of the molecule is C=CCOc1c(/C=c2\sc3n(c2=O)[C@@H](c2c(OC)ccc4ccccc24)C(C(=O)N(CC)CC)=C(C)N=3)cc([N+](=O)[O-])cc1OC. The van der Waals surface area contributed by atoms with Crippen LogP contribution in [0.4, 0.5) is 5.69 Å². The standard InChI is InChI=1S/C34H34N4O7S/c1-7-16-45-31-22(17-23(38(41)42)19-26(31)44-6)18-27-32(39)37-30(29-24-13-11-10-12-21(24)14-15-25(29)43-5)28(20(4)35-34(37)46-27)33(40)36(8-2)9-3/h7,10-15,17-19,30H,1,8-9,16H2,2-6H3/b27-18-/t30-/m1/s1. The monoisotopic (exact) mass is 642 g/mol. The zero-order valence-corrected chi connectivity index (χ0v) is 27.1. The summed E-state index contributed by atoms with van der Waals surface area (Å²) in [6, 6.07) is 13.2. The normalized spacial score (nSPS) is 14.5. The highest BCUT2D eigenvalue weighted by Gasteiger charge is 2.36. The Morgan fingerprint density at radius 1 is 1.13 bits per heavy atom. The van der Waals surface area contributed by atoms with Gasteiger partial charge in [-0.05, 0) is 43.7 Å². The number of nitrogens with zero attached hydrogens (tertiary/aromatic N) is 4. The fourth-order valence-electron chi connectivity index (χ4n) is 5.70. The lowest BCUT2D eigenvalue weighted by Gasteiger charge is -2.30. The molecule has 0 unspecified atom stereocenters. The zero-order valence-electron chi connectivity index (χ0n) is 26.2. The minimum absolute atomic E-state index is 0.104. The maximum atomic E-state index is 14.5. The third-order valence-electron chi connectivity index (χ3n) is 7.86. The smallest absolute Gasteiger partial charge is 0.274 e. The predicted octanol–water partition coefficient (Wildman–Crippen LogP) is 4.75. The van der Waals surface area contributed by atoms with Gasteiger partial charge in [-0.15, -0.1) is 0 Å². The first-order chi connectivity index (χ1) is 22.2. The third kappa shape index (κ3) is 5.67. The number of rotatable bonds is 11. The van der Waals surface area contributed by atoms with E-state index in [-0.39, 0.29) is 39.8 Å². The lowest BCUT2D eigenvalue weighted by atomic mass is 9.90. The van der Waals surface area contributed by atoms with E-state index in [1.165, 1.54) is 36.0 Å². The minimum Gasteiger partial charge on any atom is -0.496 e. The Balaban J connectivity index is 1.86. The Hall–Kier alpha value is -5.23. The number of non-ortho nitro benzene ring substituents is 1. The molecule has 11 nitrogen and oxygen atoms in total. The highest BCUT2D eigenvalue weighted by Crippen LogP contribution is 2.41. The molecule has 0 saturated heterocycles. The van der Waals surface area contributed by atoms with Gasteiger partial charge < -0.3 is 19.1 Å². The number of benzene rings is 3. The number of hydrogen-bond donors (Lipinski definition) is 0. The van der Waals surface area contributed by atoms with Gasteiger partial charge in [-0.1, -0.05) is 54.3 Å². The quantitative estimate of drug-likeness (QED) is 0.131. The number of methoxy groups -OCH3 is 2. The molecule has 238 valence electrons. The summed E-state index contributed by atoms with van der Waals surface area (Å²) in [6.45, 7) is 10.3. The van der Waals surface area contributed by atoms with E-state index in [1.807, 2.05) is 50.2 Å². The Bertz CT molecular complexity index is 2080. The molecule has 0 aliphatic carbocycles. The molecule has 1 aliphatic rings. The number of likely N-dealkylation sites (N-methyl/N-ethyl adjacent to an activating group) is 1. The molecule has 0 saturated carbocycles. The first-order valence-corrected chi connectivity index (χ1v) is 15.5. The molecule has 46 heavy (non-hydrogen) atoms. The second-order valence-electron chi connectivity index (χ2n) is 10.4. The maximum absolute atomic E-state index is 14.5. The molecule has 5 rings (SSSR count). The number of amides is 1. The van der Waals surface area contributed by atoms with E-state index in [0.717, 1.165) is 22.1 Å². The first kappa shape index (κ1) is 32.2. The first-order valence-electron chi connectivity index (χ1n) is 14.7. The second-order valence-corrected chi connectivity index (χ2v) is 11.4. The molecule has 4 aromatic rings. The third-order valence-corrected chi connectivity index (χ3v) is 8.84. The summed E-state index contributed by atoms with van der Waals surface area (Å²) in [4.78, 5) is 46.7. The van der Waals surface area contributed by atoms with Crippen molar-refractivity contribution >= 4 is 39.8 Å². The average Bonchev–Trinajstić information content (AvgIpc) is 3.36. The van der Waals surface area contributed by atoms with E-state index in [2.05, 4.69) is 6.58 Å². The van der Waals surface area contributed by atoms with Gasteiger partial charge >= 0.3 is 0 Å². The van der Waals surface area contributed by atoms with Crippen molar-refractivity contribution in [2.45, 2.75) is 26.8 Å². The number of fused-ring (bicyclic) bond motifs is 2. The molecular weight excluding hydrogens is 608 g/mol. The van der Waals surface area contributed by atoms with Gasteiger partial charge in [0, 0.05) is 30.3 Å². The lowest BCUT2D eigenvalue weighted by Crippen LogP contribution is -2.43. The van der Waals surface area contributed by atoms with Crippen molar-refractivity contribution in [2.24, 2.45) is 4.99 Å². The molecule has 0 spiro atoms. The molecule has 0 N–H and O–H groups in total. The molecule has 2 heterocycles. The summed E-state index contributed by atoms with van der Waals surface area (Å²) < 4.78 is 18.9. The molecule has 0 fully saturated rings. The van der Waals surface area contributed by atoms with Crippen LogP contribution in [0, 0.1) is 10.1 Å². The van der Waals surface area contributed by atoms with Crippen LogP contribution in [0.15, 0.2) is 82.2 Å². The second kappa shape index (κ2) is 13.4. The molecule has 0 bridgehead atoms. The number of aromatic nitrogens is 1. The fraction of sp³-hybridized carbons (Fsp3) is 0.265. The van der Waals surface area contributed by atoms with Crippen LogP contribution in [0.3, 0.4) is 0 Å². The topological polar surface area (TPSA) is 126 Å². The van der Waals surface area contributed by atoms with Crippen molar-refractivity contribution < 1.29 is 23.9 Å². The van der Waals surface area contributed by atoms with E-state index < -0.39 is 16.5 Å². The number of carbonyl (C=O) groups excluding carboxylic acids is 1. The fourth-order valence-corrected chi connectivity index (χ4v) is 6.73. The van der Waals surface area contributed by atoms with Crippen LogP contribution in [0.2, 0.25) is 0 Å². The molecule has 0 radical (unpaired) electrons. The highest BCUT2D eigenvalue weighted by molar-refractivity contribution is 7.07. The molecule has 1 amide bonds. The Morgan fingerprint density at radius 2 is 1.85 bits per heavy atom. The van der Waals surface area contributed by atoms with Crippen LogP contribution >= 0.6 is 11.3 Å². The van der Waals surface area contributed by atoms with Gasteiger partial charge in [0.25, 0.3) is 17.2 Å². The number of carbonyl (C=O) groups is 1. The molecular formula is C34H34N4O7S. The van der Waals surface area contributed by atoms with Gasteiger partial charge in [0.1, 0.15) is 18.4 Å². The zero-order chi connectivity index (χ0) is 33.1. The van der Waals surface area contributed by atoms with Crippen LogP contribution in [0.25, 0.3) is 16.8 Å². The summed E-state index contributed by atoms with van der Waals surface area (Å²) in [7, 11) is 2.94. The van der Waals surface area contributed by atoms with Crippen molar-refractivity contribution in [1.29, 1.82) is 0 Å². The Labute approximate surface area is 269 Å². The molecule has 12 heteroatoms. The van der Waals surface area contributed by atoms with Crippen molar-refractivity contribution in [3.05, 3.63) is 113 Å². The van der Waals surface area contributed by atoms with Gasteiger partial charge in [-0.25, -0.2) is 4.99 Å². The summed E-state index contributed by atoms with van der Waals surface area (Å²) >= 11 is 1.11. The van der Waals surface area contributed by atoms with Gasteiger partial charge in [-0.3, -0.25) is 24.3 Å². The van der Waals surface area contributed by atoms with Crippen molar-refractivity contribution in [2.75, 3.05) is 33.9 Å². The summed E-state index contributed by atoms with van der Waals surface area (Å²) in [5.74, 6) is 0.640. The van der Waals surface area contributed by atoms with E-state index in [4.69, 9.17) is 19.2 Å². The van der Waals surface area contributed by atoms with Gasteiger partial charge in [-0.2, -0.15) is 0 Å². The predicted molar refractivity (Wildman–Crippen MR) is 178 cm³/mol. The van der Waals surface area contributed by atoms with Gasteiger partial charge in [0.05, 0.1) is 41.0 Å². The van der Waals surface area contributed by atoms with Crippen LogP contribution in [0.1, 0.15) is 37.9 Å². The van der Waals surface area contributed by atoms with Crippen molar-refractivity contribution in [3.8, 4) is 17.2 Å². The minimum atomic E-state index is -0.872. The summed E-state index contributed by atoms with van der Waals surface area (Å²) in [5, 5.41) is 13.5. The van der Waals surface area contributed by atoms with Crippen molar-refractivity contribution in [3.63, 3.8) is 0 Å². The van der Waals surface area contributed by atoms with Crippen LogP contribution in [-0.4, -0.2) is 54.2 Å². The van der Waals surface area contributed by atoms with Gasteiger partial charge in [0.15, 0.2) is 16.3 Å². The Morgan fingerprint density at radius 3 is 2.50 bits per heavy atom. The lowest BCUT2D eigenvalue weighted by molar-refractivity contribution is -0.385. The van der Waals surface area contributed by atoms with Gasteiger partial charge in [0.2, 0.25) is 0 Å². The largest absolute Gasteiger partial charge is 0.496 e. The van der Waals surface area contributed by atoms with E-state index in [9.17, 15) is 19.7 Å². The van der Waals surface area contributed by atoms with Crippen LogP contribution in [0.5, 0.6) is 17.2 Å². The number of hydrogen-bond acceptors (Lipinski definition) is 9. The van der Waals surface area contributed by atoms with Crippen LogP contribution in [-0.2, 0) is 4.79 Å².